The van der Waals surface area contributed by atoms with Crippen molar-refractivity contribution >= 4 is 23.2 Å². The summed E-state index contributed by atoms with van der Waals surface area (Å²) in [5.41, 5.74) is 14.3. The summed E-state index contributed by atoms with van der Waals surface area (Å²) < 4.78 is 24.2. The summed E-state index contributed by atoms with van der Waals surface area (Å²) in [4.78, 5) is 11.2. The van der Waals surface area contributed by atoms with Crippen molar-refractivity contribution in [1.82, 2.24) is 39.9 Å². The third-order valence-electron chi connectivity index (χ3n) is 6.57. The molecule has 14 nitrogen and oxygen atoms in total. The SMILES string of the molecule is COc1cc(-c2ccc(N)nn2)ccc1OCCCCl.COc1cc(-c2ccc(N)nn2)ccc1OCCCn1ccnc1.[Na+].c1c[n-]cn1. The van der Waals surface area contributed by atoms with Crippen molar-refractivity contribution in [3.63, 3.8) is 0 Å². The fourth-order valence-corrected chi connectivity index (χ4v) is 4.27. The van der Waals surface area contributed by atoms with Crippen LogP contribution in [0.3, 0.4) is 0 Å². The molecule has 4 aromatic heterocycles. The fraction of sp³-hybridized carbons (Fsp3) is 0.235. The molecule has 4 N–H and O–H groups in total. The molecule has 2 aromatic carbocycles. The van der Waals surface area contributed by atoms with Gasteiger partial charge in [-0.05, 0) is 73.5 Å². The van der Waals surface area contributed by atoms with Gasteiger partial charge < -0.3 is 44.9 Å². The Balaban J connectivity index is 0.000000235. The van der Waals surface area contributed by atoms with E-state index >= 15 is 0 Å². The van der Waals surface area contributed by atoms with Gasteiger partial charge in [0.2, 0.25) is 0 Å². The van der Waals surface area contributed by atoms with Crippen molar-refractivity contribution in [3.8, 4) is 45.5 Å². The van der Waals surface area contributed by atoms with Crippen molar-refractivity contribution in [2.24, 2.45) is 0 Å². The van der Waals surface area contributed by atoms with Gasteiger partial charge in [-0.1, -0.05) is 18.7 Å². The van der Waals surface area contributed by atoms with Crippen LogP contribution in [0.4, 0.5) is 11.6 Å². The molecule has 50 heavy (non-hydrogen) atoms. The number of ether oxygens (including phenoxy) is 4. The van der Waals surface area contributed by atoms with Crippen molar-refractivity contribution in [1.29, 1.82) is 0 Å². The van der Waals surface area contributed by atoms with Gasteiger partial charge >= 0.3 is 29.6 Å². The third-order valence-corrected chi connectivity index (χ3v) is 6.84. The molecule has 0 fully saturated rings. The maximum Gasteiger partial charge on any atom is 1.00 e. The Morgan fingerprint density at radius 3 is 1.68 bits per heavy atom. The number of hydrogen-bond acceptors (Lipinski definition) is 12. The molecule has 0 amide bonds. The minimum atomic E-state index is 0. The second-order valence-corrected chi connectivity index (χ2v) is 10.4. The molecule has 0 radical (unpaired) electrons. The van der Waals surface area contributed by atoms with Crippen LogP contribution >= 0.6 is 11.6 Å². The van der Waals surface area contributed by atoms with Crippen LogP contribution in [-0.4, -0.2) is 68.2 Å². The largest absolute Gasteiger partial charge is 1.00 e. The quantitative estimate of drug-likeness (QED) is 0.101. The van der Waals surface area contributed by atoms with Crippen molar-refractivity contribution in [2.45, 2.75) is 19.4 Å². The molecule has 256 valence electrons. The summed E-state index contributed by atoms with van der Waals surface area (Å²) in [6.45, 7) is 2.01. The van der Waals surface area contributed by atoms with E-state index in [0.29, 0.717) is 53.7 Å². The maximum atomic E-state index is 5.82. The first kappa shape index (κ1) is 39.5. The van der Waals surface area contributed by atoms with E-state index in [2.05, 4.69) is 35.3 Å². The number of nitrogen functional groups attached to an aromatic ring is 2. The van der Waals surface area contributed by atoms with Crippen molar-refractivity contribution in [2.75, 3.05) is 44.8 Å². The molecule has 0 spiro atoms. The minimum absolute atomic E-state index is 0. The van der Waals surface area contributed by atoms with Crippen LogP contribution in [0.5, 0.6) is 23.0 Å². The first-order valence-corrected chi connectivity index (χ1v) is 15.7. The number of imidazole rings is 2. The Labute approximate surface area is 317 Å². The topological polar surface area (TPSA) is 185 Å². The summed E-state index contributed by atoms with van der Waals surface area (Å²) in [6, 6.07) is 18.3. The van der Waals surface area contributed by atoms with E-state index in [1.54, 1.807) is 51.3 Å². The van der Waals surface area contributed by atoms with Crippen molar-refractivity contribution < 1.29 is 48.5 Å². The van der Waals surface area contributed by atoms with E-state index in [9.17, 15) is 0 Å². The Bertz CT molecular complexity index is 1760. The summed E-state index contributed by atoms with van der Waals surface area (Å²) in [6.07, 6.45) is 11.9. The zero-order chi connectivity index (χ0) is 34.7. The molecule has 0 saturated carbocycles. The molecule has 0 aliphatic heterocycles. The second-order valence-electron chi connectivity index (χ2n) is 10.0. The maximum absolute atomic E-state index is 5.82. The number of nitrogens with two attached hydrogens (primary N) is 2. The van der Waals surface area contributed by atoms with Crippen LogP contribution in [0.1, 0.15) is 12.8 Å². The number of methoxy groups -OCH3 is 2. The van der Waals surface area contributed by atoms with Gasteiger partial charge in [0.05, 0.1) is 45.1 Å². The summed E-state index contributed by atoms with van der Waals surface area (Å²) in [7, 11) is 3.22. The van der Waals surface area contributed by atoms with Gasteiger partial charge in [-0.15, -0.1) is 32.0 Å². The number of benzene rings is 2. The third kappa shape index (κ3) is 12.9. The van der Waals surface area contributed by atoms with Gasteiger partial charge in [-0.2, -0.15) is 0 Å². The van der Waals surface area contributed by atoms with Crippen LogP contribution < -0.4 is 65.0 Å². The van der Waals surface area contributed by atoms with E-state index in [-0.39, 0.29) is 29.6 Å². The van der Waals surface area contributed by atoms with E-state index in [4.69, 9.17) is 42.0 Å². The molecule has 6 rings (SSSR count). The molecular weight excluding hydrogens is 671 g/mol. The average molecular weight is 709 g/mol. The fourth-order valence-electron chi connectivity index (χ4n) is 4.16. The molecule has 4 heterocycles. The average Bonchev–Trinajstić information content (AvgIpc) is 3.90. The predicted octanol–water partition coefficient (Wildman–Crippen LogP) is 2.18. The molecule has 0 atom stereocenters. The zero-order valence-corrected chi connectivity index (χ0v) is 31.0. The van der Waals surface area contributed by atoms with Crippen LogP contribution in [0.25, 0.3) is 22.5 Å². The predicted molar refractivity (Wildman–Crippen MR) is 188 cm³/mol. The van der Waals surface area contributed by atoms with Gasteiger partial charge in [-0.3, -0.25) is 0 Å². The number of hydrogen-bond donors (Lipinski definition) is 2. The molecule has 0 unspecified atom stereocenters. The number of aryl methyl sites for hydroxylation is 1. The minimum Gasteiger partial charge on any atom is -0.493 e. The van der Waals surface area contributed by atoms with E-state index in [1.807, 2.05) is 59.3 Å². The van der Waals surface area contributed by atoms with Gasteiger partial charge in [-0.25, -0.2) is 4.98 Å². The van der Waals surface area contributed by atoms with Crippen LogP contribution in [-0.2, 0) is 6.54 Å². The van der Waals surface area contributed by atoms with Gasteiger partial charge in [0.25, 0.3) is 0 Å². The number of aromatic nitrogens is 8. The Kier molecular flexibility index (Phi) is 17.4. The smallest absolute Gasteiger partial charge is 0.493 e. The summed E-state index contributed by atoms with van der Waals surface area (Å²) >= 11 is 5.62. The van der Waals surface area contributed by atoms with Crippen molar-refractivity contribution in [3.05, 3.63) is 98.1 Å². The van der Waals surface area contributed by atoms with Crippen LogP contribution in [0, 0.1) is 0 Å². The molecule has 6 aromatic rings. The van der Waals surface area contributed by atoms with Gasteiger partial charge in [0.1, 0.15) is 11.6 Å². The molecule has 0 bridgehead atoms. The van der Waals surface area contributed by atoms with Crippen LogP contribution in [0.2, 0.25) is 0 Å². The Morgan fingerprint density at radius 2 is 1.28 bits per heavy atom. The first-order valence-electron chi connectivity index (χ1n) is 15.2. The summed E-state index contributed by atoms with van der Waals surface area (Å²) in [5.74, 6) is 4.05. The number of anilines is 2. The first-order chi connectivity index (χ1) is 24.0. The normalized spacial score (nSPS) is 9.98. The monoisotopic (exact) mass is 708 g/mol. The Hall–Kier alpha value is -4.89. The molecular formula is C34H38ClN10NaO4. The molecule has 0 aliphatic rings. The van der Waals surface area contributed by atoms with Gasteiger partial charge in [0, 0.05) is 35.9 Å². The van der Waals surface area contributed by atoms with E-state index < -0.39 is 0 Å². The summed E-state index contributed by atoms with van der Waals surface area (Å²) in [5, 5.41) is 15.8. The van der Waals surface area contributed by atoms with Gasteiger partial charge in [0.15, 0.2) is 23.0 Å². The second kappa shape index (κ2) is 22.0. The molecule has 16 heteroatoms. The standard InChI is InChI=1S/C17H19N5O2.C14H16ClN3O2.C3H3N2.Na/c1-23-16-11-13(14-4-6-17(18)21-20-14)3-5-15(16)24-10-2-8-22-9-7-19-12-22;1-19-13-9-10(11-4-6-14(16)18-17-11)3-5-12(13)20-8-2-7-15;1-2-5-3-4-1;/h3-7,9,11-12H,2,8,10H2,1H3,(H2,18,21);3-6,9H,2,7-8H2,1H3,(H2,16,18);1-3H;/q;;-1;+1. The number of rotatable bonds is 13. The van der Waals surface area contributed by atoms with Crippen LogP contribution in [0.15, 0.2) is 98.1 Å². The van der Waals surface area contributed by atoms with E-state index in [1.165, 1.54) is 6.33 Å². The number of halogens is 1. The molecule has 0 aliphatic carbocycles. The number of alkyl halides is 1. The molecule has 0 saturated heterocycles. The zero-order valence-electron chi connectivity index (χ0n) is 28.2. The number of nitrogens with zero attached hydrogens (tertiary/aromatic N) is 8. The van der Waals surface area contributed by atoms with E-state index in [0.717, 1.165) is 41.9 Å². The Morgan fingerprint density at radius 1 is 0.700 bits per heavy atom.